The normalized spacial score (nSPS) is 11.2. The molecule has 164 valence electrons. The van der Waals surface area contributed by atoms with Crippen LogP contribution in [0.4, 0.5) is 17.1 Å². The monoisotopic (exact) mass is 429 g/mol. The first kappa shape index (κ1) is 23.3. The van der Waals surface area contributed by atoms with Crippen molar-refractivity contribution in [2.75, 3.05) is 30.9 Å². The minimum absolute atomic E-state index is 0.0635. The predicted molar refractivity (Wildman–Crippen MR) is 113 cm³/mol. The third kappa shape index (κ3) is 6.26. The fraction of sp³-hybridized carbons (Fsp3) is 0.286. The minimum Gasteiger partial charge on any atom is -0.462 e. The quantitative estimate of drug-likeness (QED) is 0.385. The number of nitro groups is 1. The van der Waals surface area contributed by atoms with E-state index >= 15 is 0 Å². The topological polar surface area (TPSA) is 128 Å². The molecule has 1 atom stereocenters. The van der Waals surface area contributed by atoms with Crippen molar-refractivity contribution < 1.29 is 28.8 Å². The van der Waals surface area contributed by atoms with Crippen molar-refractivity contribution in [2.45, 2.75) is 20.0 Å². The lowest BCUT2D eigenvalue weighted by Crippen LogP contribution is -2.30. The molecule has 10 heteroatoms. The van der Waals surface area contributed by atoms with Gasteiger partial charge in [0.25, 0.3) is 11.6 Å². The van der Waals surface area contributed by atoms with Crippen molar-refractivity contribution in [1.82, 2.24) is 0 Å². The highest BCUT2D eigenvalue weighted by Crippen LogP contribution is 2.20. The lowest BCUT2D eigenvalue weighted by atomic mass is 10.1. The second kappa shape index (κ2) is 10.2. The van der Waals surface area contributed by atoms with Crippen molar-refractivity contribution in [3.63, 3.8) is 0 Å². The number of nitrogens with zero attached hydrogens (tertiary/aromatic N) is 2. The van der Waals surface area contributed by atoms with E-state index in [9.17, 15) is 24.5 Å². The molecule has 0 aliphatic rings. The van der Waals surface area contributed by atoms with Crippen molar-refractivity contribution in [3.8, 4) is 0 Å². The number of nitrogens with one attached hydrogen (secondary N) is 1. The molecular formula is C21H23N3O7. The molecular weight excluding hydrogens is 406 g/mol. The summed E-state index contributed by atoms with van der Waals surface area (Å²) in [6.07, 6.45) is -1.19. The highest BCUT2D eigenvalue weighted by molar-refractivity contribution is 5.99. The van der Waals surface area contributed by atoms with Gasteiger partial charge in [0.2, 0.25) is 0 Å². The number of rotatable bonds is 8. The largest absolute Gasteiger partial charge is 0.462 e. The van der Waals surface area contributed by atoms with Gasteiger partial charge in [-0.15, -0.1) is 0 Å². The molecule has 2 aromatic carbocycles. The van der Waals surface area contributed by atoms with Crippen LogP contribution in [-0.2, 0) is 14.3 Å². The second-order valence-electron chi connectivity index (χ2n) is 6.72. The van der Waals surface area contributed by atoms with Gasteiger partial charge in [0.05, 0.1) is 22.7 Å². The van der Waals surface area contributed by atoms with Gasteiger partial charge in [0.1, 0.15) is 0 Å². The van der Waals surface area contributed by atoms with E-state index in [4.69, 9.17) is 9.47 Å². The molecule has 31 heavy (non-hydrogen) atoms. The average molecular weight is 429 g/mol. The fourth-order valence-electron chi connectivity index (χ4n) is 2.54. The zero-order valence-electron chi connectivity index (χ0n) is 17.6. The fourth-order valence-corrected chi connectivity index (χ4v) is 2.54. The molecule has 0 saturated carbocycles. The first-order chi connectivity index (χ1) is 14.6. The Bertz CT molecular complexity index is 987. The van der Waals surface area contributed by atoms with Gasteiger partial charge in [-0.05, 0) is 44.2 Å². The van der Waals surface area contributed by atoms with Gasteiger partial charge >= 0.3 is 11.9 Å². The molecule has 10 nitrogen and oxygen atoms in total. The van der Waals surface area contributed by atoms with E-state index in [2.05, 4.69) is 5.32 Å². The van der Waals surface area contributed by atoms with Crippen LogP contribution < -0.4 is 10.2 Å². The van der Waals surface area contributed by atoms with Gasteiger partial charge in [-0.1, -0.05) is 0 Å². The number of hydrogen-bond acceptors (Lipinski definition) is 8. The highest BCUT2D eigenvalue weighted by atomic mass is 16.6. The predicted octanol–water partition coefficient (Wildman–Crippen LogP) is 3.02. The first-order valence-corrected chi connectivity index (χ1v) is 9.38. The molecule has 0 fully saturated rings. The molecule has 0 aliphatic heterocycles. The van der Waals surface area contributed by atoms with Crippen LogP contribution >= 0.6 is 0 Å². The molecule has 0 aliphatic carbocycles. The number of esters is 2. The zero-order chi connectivity index (χ0) is 23.1. The smallest absolute Gasteiger partial charge is 0.339 e. The first-order valence-electron chi connectivity index (χ1n) is 9.38. The van der Waals surface area contributed by atoms with Gasteiger partial charge in [-0.3, -0.25) is 14.9 Å². The van der Waals surface area contributed by atoms with E-state index in [1.807, 2.05) is 31.1 Å². The number of hydrogen-bond donors (Lipinski definition) is 1. The van der Waals surface area contributed by atoms with Gasteiger partial charge in [-0.2, -0.15) is 0 Å². The lowest BCUT2D eigenvalue weighted by Gasteiger charge is -2.15. The van der Waals surface area contributed by atoms with Crippen LogP contribution in [0.3, 0.4) is 0 Å². The number of ether oxygens (including phenoxy) is 2. The van der Waals surface area contributed by atoms with Crippen LogP contribution in [-0.4, -0.2) is 49.6 Å². The Kier molecular flexibility index (Phi) is 7.67. The second-order valence-corrected chi connectivity index (χ2v) is 6.72. The molecule has 0 radical (unpaired) electrons. The third-order valence-corrected chi connectivity index (χ3v) is 4.18. The van der Waals surface area contributed by atoms with Crippen molar-refractivity contribution in [1.29, 1.82) is 0 Å². The molecule has 0 saturated heterocycles. The number of anilines is 2. The SMILES string of the molecule is CCOC(=O)c1cc(C(=O)OC(C)C(=O)Nc2ccc(N(C)C)cc2)cc([N+](=O)[O-])c1. The Morgan fingerprint density at radius 1 is 1.06 bits per heavy atom. The van der Waals surface area contributed by atoms with E-state index in [-0.39, 0.29) is 17.7 Å². The van der Waals surface area contributed by atoms with E-state index in [0.29, 0.717) is 5.69 Å². The lowest BCUT2D eigenvalue weighted by molar-refractivity contribution is -0.384. The number of amides is 1. The molecule has 2 aromatic rings. The molecule has 2 rings (SSSR count). The molecule has 0 heterocycles. The third-order valence-electron chi connectivity index (χ3n) is 4.18. The van der Waals surface area contributed by atoms with Gasteiger partial charge in [-0.25, -0.2) is 9.59 Å². The Labute approximate surface area is 178 Å². The van der Waals surface area contributed by atoms with E-state index in [1.54, 1.807) is 19.1 Å². The van der Waals surface area contributed by atoms with Crippen molar-refractivity contribution >= 4 is 34.9 Å². The van der Waals surface area contributed by atoms with E-state index in [0.717, 1.165) is 23.9 Å². The minimum atomic E-state index is -1.19. The molecule has 0 bridgehead atoms. The summed E-state index contributed by atoms with van der Waals surface area (Å²) in [4.78, 5) is 49.0. The Balaban J connectivity index is 2.12. The summed E-state index contributed by atoms with van der Waals surface area (Å²) in [5, 5.41) is 13.8. The molecule has 0 spiro atoms. The van der Waals surface area contributed by atoms with Gasteiger partial charge in [0.15, 0.2) is 6.10 Å². The molecule has 1 unspecified atom stereocenters. The molecule has 1 amide bonds. The number of carbonyl (C=O) groups excluding carboxylic acids is 3. The van der Waals surface area contributed by atoms with Gasteiger partial charge < -0.3 is 19.7 Å². The van der Waals surface area contributed by atoms with Crippen LogP contribution in [0.2, 0.25) is 0 Å². The summed E-state index contributed by atoms with van der Waals surface area (Å²) in [6.45, 7) is 3.01. The van der Waals surface area contributed by atoms with Crippen LogP contribution in [0.1, 0.15) is 34.6 Å². The van der Waals surface area contributed by atoms with Crippen LogP contribution in [0, 0.1) is 10.1 Å². The number of nitro benzene ring substituents is 1. The van der Waals surface area contributed by atoms with Gasteiger partial charge in [0, 0.05) is 37.6 Å². The standard InChI is InChI=1S/C21H23N3O7/c1-5-30-20(26)14-10-15(12-18(11-14)24(28)29)21(27)31-13(2)19(25)22-16-6-8-17(9-7-16)23(3)4/h6-13H,5H2,1-4H3,(H,22,25). The maximum atomic E-state index is 12.5. The maximum Gasteiger partial charge on any atom is 0.339 e. The molecule has 0 aromatic heterocycles. The summed E-state index contributed by atoms with van der Waals surface area (Å²) in [5.41, 5.74) is 0.572. The van der Waals surface area contributed by atoms with Crippen LogP contribution in [0.15, 0.2) is 42.5 Å². The summed E-state index contributed by atoms with van der Waals surface area (Å²) in [5.74, 6) is -2.38. The zero-order valence-corrected chi connectivity index (χ0v) is 17.6. The summed E-state index contributed by atoms with van der Waals surface area (Å²) in [6, 6.07) is 10.1. The van der Waals surface area contributed by atoms with Crippen LogP contribution in [0.5, 0.6) is 0 Å². The van der Waals surface area contributed by atoms with E-state index < -0.39 is 34.6 Å². The number of carbonyl (C=O) groups is 3. The number of benzene rings is 2. The average Bonchev–Trinajstić information content (AvgIpc) is 2.73. The van der Waals surface area contributed by atoms with Crippen LogP contribution in [0.25, 0.3) is 0 Å². The van der Waals surface area contributed by atoms with E-state index in [1.165, 1.54) is 6.92 Å². The Morgan fingerprint density at radius 3 is 2.16 bits per heavy atom. The Hall–Kier alpha value is -3.95. The number of non-ortho nitro benzene ring substituents is 1. The summed E-state index contributed by atoms with van der Waals surface area (Å²) >= 11 is 0. The highest BCUT2D eigenvalue weighted by Gasteiger charge is 2.23. The van der Waals surface area contributed by atoms with Crippen molar-refractivity contribution in [3.05, 3.63) is 63.7 Å². The maximum absolute atomic E-state index is 12.5. The summed E-state index contributed by atoms with van der Waals surface area (Å²) < 4.78 is 9.95. The molecule has 1 N–H and O–H groups in total. The van der Waals surface area contributed by atoms with Crippen molar-refractivity contribution in [2.24, 2.45) is 0 Å². The summed E-state index contributed by atoms with van der Waals surface area (Å²) in [7, 11) is 3.77. The Morgan fingerprint density at radius 2 is 1.65 bits per heavy atom.